The van der Waals surface area contributed by atoms with Gasteiger partial charge in [-0.15, -0.1) is 0 Å². The average molecular weight is 146 g/mol. The first kappa shape index (κ1) is 7.73. The number of rotatable bonds is 2. The molecule has 0 aromatic heterocycles. The summed E-state index contributed by atoms with van der Waals surface area (Å²) < 4.78 is 0. The number of hydrogen-bond acceptors (Lipinski definition) is 1. The first-order chi connectivity index (χ1) is 5.36. The number of carbonyl (C=O) groups excluding carboxylic acids is 1. The van der Waals surface area contributed by atoms with Crippen molar-refractivity contribution in [1.82, 2.24) is 0 Å². The molecule has 0 saturated carbocycles. The van der Waals surface area contributed by atoms with E-state index < -0.39 is 0 Å². The number of hydrogen-bond donors (Lipinski definition) is 0. The SMILES string of the molecule is C=CC1=CC=CC=C(C=O)C1. The molecule has 1 heteroatoms. The molecule has 0 spiro atoms. The van der Waals surface area contributed by atoms with Gasteiger partial charge in [0.1, 0.15) is 6.29 Å². The maximum Gasteiger partial charge on any atom is 0.146 e. The first-order valence-corrected chi connectivity index (χ1v) is 3.51. The Morgan fingerprint density at radius 3 is 2.45 bits per heavy atom. The zero-order chi connectivity index (χ0) is 8.10. The van der Waals surface area contributed by atoms with E-state index in [-0.39, 0.29) is 0 Å². The van der Waals surface area contributed by atoms with Crippen LogP contribution in [0, 0.1) is 0 Å². The molecule has 0 atom stereocenters. The van der Waals surface area contributed by atoms with Crippen LogP contribution >= 0.6 is 0 Å². The highest BCUT2D eigenvalue weighted by Crippen LogP contribution is 2.13. The van der Waals surface area contributed by atoms with Gasteiger partial charge in [0.15, 0.2) is 0 Å². The molecule has 1 rings (SSSR count). The van der Waals surface area contributed by atoms with Crippen LogP contribution in [0.5, 0.6) is 0 Å². The minimum Gasteiger partial charge on any atom is -0.298 e. The predicted octanol–water partition coefficient (Wildman–Crippen LogP) is 2.18. The highest BCUT2D eigenvalue weighted by Gasteiger charge is 1.98. The Kier molecular flexibility index (Phi) is 2.61. The smallest absolute Gasteiger partial charge is 0.146 e. The van der Waals surface area contributed by atoms with Crippen LogP contribution in [-0.4, -0.2) is 6.29 Å². The molecular weight excluding hydrogens is 136 g/mol. The van der Waals surface area contributed by atoms with Gasteiger partial charge >= 0.3 is 0 Å². The summed E-state index contributed by atoms with van der Waals surface area (Å²) in [5, 5.41) is 0. The fourth-order valence-electron chi connectivity index (χ4n) is 0.933. The van der Waals surface area contributed by atoms with E-state index in [1.165, 1.54) is 0 Å². The summed E-state index contributed by atoms with van der Waals surface area (Å²) >= 11 is 0. The first-order valence-electron chi connectivity index (χ1n) is 3.51. The molecule has 0 fully saturated rings. The lowest BCUT2D eigenvalue weighted by molar-refractivity contribution is -0.105. The quantitative estimate of drug-likeness (QED) is 0.546. The van der Waals surface area contributed by atoms with E-state index >= 15 is 0 Å². The molecule has 0 radical (unpaired) electrons. The largest absolute Gasteiger partial charge is 0.298 e. The van der Waals surface area contributed by atoms with Crippen LogP contribution in [0.25, 0.3) is 0 Å². The maximum absolute atomic E-state index is 10.4. The summed E-state index contributed by atoms with van der Waals surface area (Å²) in [6.45, 7) is 3.65. The van der Waals surface area contributed by atoms with Crippen molar-refractivity contribution in [2.24, 2.45) is 0 Å². The van der Waals surface area contributed by atoms with Crippen LogP contribution in [-0.2, 0) is 4.79 Å². The Bertz CT molecular complexity index is 228. The van der Waals surface area contributed by atoms with Gasteiger partial charge in [-0.3, -0.25) is 4.79 Å². The van der Waals surface area contributed by atoms with Crippen LogP contribution in [0.2, 0.25) is 0 Å². The molecule has 11 heavy (non-hydrogen) atoms. The minimum absolute atomic E-state index is 0.694. The molecule has 0 saturated heterocycles. The number of allylic oxidation sites excluding steroid dienone is 7. The third-order valence-electron chi connectivity index (χ3n) is 1.55. The Labute approximate surface area is 66.4 Å². The molecular formula is C10H10O. The van der Waals surface area contributed by atoms with E-state index in [2.05, 4.69) is 6.58 Å². The summed E-state index contributed by atoms with van der Waals surface area (Å²) in [4.78, 5) is 10.4. The summed E-state index contributed by atoms with van der Waals surface area (Å²) in [7, 11) is 0. The molecule has 1 nitrogen and oxygen atoms in total. The van der Waals surface area contributed by atoms with Gasteiger partial charge in [0.05, 0.1) is 0 Å². The Balaban J connectivity index is 2.85. The molecule has 0 aliphatic heterocycles. The van der Waals surface area contributed by atoms with Crippen LogP contribution in [0.1, 0.15) is 6.42 Å². The lowest BCUT2D eigenvalue weighted by Crippen LogP contribution is -1.85. The maximum atomic E-state index is 10.4. The van der Waals surface area contributed by atoms with Crippen molar-refractivity contribution in [1.29, 1.82) is 0 Å². The molecule has 56 valence electrons. The van der Waals surface area contributed by atoms with E-state index in [0.29, 0.717) is 6.42 Å². The topological polar surface area (TPSA) is 17.1 Å². The van der Waals surface area contributed by atoms with Crippen LogP contribution < -0.4 is 0 Å². The molecule has 0 unspecified atom stereocenters. The van der Waals surface area contributed by atoms with Crippen molar-refractivity contribution in [3.63, 3.8) is 0 Å². The van der Waals surface area contributed by atoms with E-state index in [1.54, 1.807) is 6.08 Å². The number of aldehydes is 1. The second kappa shape index (κ2) is 3.71. The highest BCUT2D eigenvalue weighted by molar-refractivity contribution is 5.75. The third-order valence-corrected chi connectivity index (χ3v) is 1.55. The Morgan fingerprint density at radius 2 is 1.91 bits per heavy atom. The van der Waals surface area contributed by atoms with Gasteiger partial charge < -0.3 is 0 Å². The predicted molar refractivity (Wildman–Crippen MR) is 46.2 cm³/mol. The van der Waals surface area contributed by atoms with Gasteiger partial charge in [0, 0.05) is 6.42 Å². The van der Waals surface area contributed by atoms with E-state index in [1.807, 2.05) is 24.3 Å². The van der Waals surface area contributed by atoms with E-state index in [0.717, 1.165) is 17.4 Å². The second-order valence-corrected chi connectivity index (χ2v) is 2.37. The van der Waals surface area contributed by atoms with Crippen molar-refractivity contribution in [2.75, 3.05) is 0 Å². The zero-order valence-corrected chi connectivity index (χ0v) is 6.29. The molecule has 1 aliphatic carbocycles. The van der Waals surface area contributed by atoms with Gasteiger partial charge in [0.25, 0.3) is 0 Å². The fraction of sp³-hybridized carbons (Fsp3) is 0.100. The molecule has 0 amide bonds. The second-order valence-electron chi connectivity index (χ2n) is 2.37. The normalized spacial score (nSPS) is 16.4. The van der Waals surface area contributed by atoms with Crippen LogP contribution in [0.15, 0.2) is 48.1 Å². The molecule has 0 N–H and O–H groups in total. The molecule has 1 aliphatic rings. The summed E-state index contributed by atoms with van der Waals surface area (Å²) in [5.41, 5.74) is 1.88. The van der Waals surface area contributed by atoms with Gasteiger partial charge in [-0.1, -0.05) is 37.0 Å². The molecule has 0 aromatic rings. The molecule has 0 heterocycles. The summed E-state index contributed by atoms with van der Waals surface area (Å²) in [6, 6.07) is 0. The van der Waals surface area contributed by atoms with E-state index in [4.69, 9.17) is 0 Å². The van der Waals surface area contributed by atoms with Crippen molar-refractivity contribution >= 4 is 6.29 Å². The highest BCUT2D eigenvalue weighted by atomic mass is 16.1. The average Bonchev–Trinajstić information content (AvgIpc) is 2.28. The third kappa shape index (κ3) is 2.04. The minimum atomic E-state index is 0.694. The summed E-state index contributed by atoms with van der Waals surface area (Å²) in [5.74, 6) is 0. The monoisotopic (exact) mass is 146 g/mol. The van der Waals surface area contributed by atoms with Crippen LogP contribution in [0.3, 0.4) is 0 Å². The van der Waals surface area contributed by atoms with E-state index in [9.17, 15) is 4.79 Å². The van der Waals surface area contributed by atoms with Crippen LogP contribution in [0.4, 0.5) is 0 Å². The lowest BCUT2D eigenvalue weighted by atomic mass is 10.1. The van der Waals surface area contributed by atoms with Crippen molar-refractivity contribution < 1.29 is 4.79 Å². The summed E-state index contributed by atoms with van der Waals surface area (Å²) in [6.07, 6.45) is 10.9. The van der Waals surface area contributed by atoms with Gasteiger partial charge in [-0.05, 0) is 11.1 Å². The van der Waals surface area contributed by atoms with Gasteiger partial charge in [0.2, 0.25) is 0 Å². The zero-order valence-electron chi connectivity index (χ0n) is 6.29. The fourth-order valence-corrected chi connectivity index (χ4v) is 0.933. The standard InChI is InChI=1S/C10H10O/c1-2-9-5-3-4-6-10(7-9)8-11/h2-6,8H,1,7H2. The molecule has 0 aromatic carbocycles. The van der Waals surface area contributed by atoms with Crippen molar-refractivity contribution in [3.05, 3.63) is 48.1 Å². The number of carbonyl (C=O) groups is 1. The lowest BCUT2D eigenvalue weighted by Gasteiger charge is -1.96. The Morgan fingerprint density at radius 1 is 1.27 bits per heavy atom. The van der Waals surface area contributed by atoms with Gasteiger partial charge in [-0.25, -0.2) is 0 Å². The van der Waals surface area contributed by atoms with Crippen molar-refractivity contribution in [2.45, 2.75) is 6.42 Å². The molecule has 0 bridgehead atoms. The van der Waals surface area contributed by atoms with Gasteiger partial charge in [-0.2, -0.15) is 0 Å². The Hall–Kier alpha value is -1.37. The van der Waals surface area contributed by atoms with Crippen molar-refractivity contribution in [3.8, 4) is 0 Å².